The maximum absolute atomic E-state index is 13.0. The van der Waals surface area contributed by atoms with Gasteiger partial charge in [-0.15, -0.1) is 10.2 Å². The molecule has 0 atom stereocenters. The van der Waals surface area contributed by atoms with Gasteiger partial charge in [0.15, 0.2) is 21.4 Å². The first-order chi connectivity index (χ1) is 15.9. The number of ether oxygens (including phenoxy) is 2. The van der Waals surface area contributed by atoms with Crippen LogP contribution in [0.1, 0.15) is 17.2 Å². The van der Waals surface area contributed by atoms with Gasteiger partial charge in [-0.2, -0.15) is 0 Å². The molecule has 0 aliphatic rings. The number of methoxy groups -OCH3 is 2. The Morgan fingerprint density at radius 3 is 2.30 bits per heavy atom. The average molecular weight is 470 g/mol. The fourth-order valence-electron chi connectivity index (χ4n) is 3.33. The highest BCUT2D eigenvalue weighted by Gasteiger charge is 2.26. The minimum atomic E-state index is -3.58. The molecule has 3 aromatic heterocycles. The Morgan fingerprint density at radius 2 is 1.70 bits per heavy atom. The molecule has 0 spiro atoms. The molecule has 0 radical (unpaired) electrons. The largest absolute Gasteiger partial charge is 0.494 e. The third kappa shape index (κ3) is 4.87. The summed E-state index contributed by atoms with van der Waals surface area (Å²) in [4.78, 5) is 8.37. The summed E-state index contributed by atoms with van der Waals surface area (Å²) in [6, 6.07) is 8.70. The molecule has 0 unspecified atom stereocenters. The van der Waals surface area contributed by atoms with Crippen molar-refractivity contribution in [2.45, 2.75) is 19.1 Å². The van der Waals surface area contributed by atoms with Crippen LogP contribution in [0.25, 0.3) is 17.3 Å². The SMILES string of the molecule is COc1cccc(OC)c1-n1c(CS(=O)(=O)CCc2ncc(C)cn2)nnc1-c1ccco1. The Kier molecular flexibility index (Phi) is 6.40. The molecular weight excluding hydrogens is 446 g/mol. The number of sulfone groups is 1. The average Bonchev–Trinajstić information content (AvgIpc) is 3.48. The summed E-state index contributed by atoms with van der Waals surface area (Å²) >= 11 is 0. The van der Waals surface area contributed by atoms with E-state index < -0.39 is 9.84 Å². The van der Waals surface area contributed by atoms with Crippen molar-refractivity contribution in [3.05, 3.63) is 66.2 Å². The molecule has 0 aliphatic carbocycles. The lowest BCUT2D eigenvalue weighted by Crippen LogP contribution is -2.16. The van der Waals surface area contributed by atoms with Crippen molar-refractivity contribution in [1.82, 2.24) is 24.7 Å². The third-order valence-electron chi connectivity index (χ3n) is 4.92. The van der Waals surface area contributed by atoms with Crippen LogP contribution in [0.15, 0.2) is 53.4 Å². The van der Waals surface area contributed by atoms with Crippen LogP contribution in [0, 0.1) is 6.92 Å². The van der Waals surface area contributed by atoms with E-state index in [2.05, 4.69) is 20.2 Å². The molecule has 0 N–H and O–H groups in total. The van der Waals surface area contributed by atoms with E-state index in [0.29, 0.717) is 34.6 Å². The minimum absolute atomic E-state index is 0.137. The molecule has 0 fully saturated rings. The predicted octanol–water partition coefficient (Wildman–Crippen LogP) is 2.80. The van der Waals surface area contributed by atoms with E-state index in [4.69, 9.17) is 13.9 Å². The van der Waals surface area contributed by atoms with Gasteiger partial charge >= 0.3 is 0 Å². The van der Waals surface area contributed by atoms with Crippen molar-refractivity contribution in [2.24, 2.45) is 0 Å². The standard InChI is InChI=1S/C22H23N5O5S/c1-15-12-23-19(24-13-15)9-11-33(28,29)14-20-25-26-22(18-8-5-10-32-18)27(20)21-16(30-2)6-4-7-17(21)31-3/h4-8,10,12-13H,9,11,14H2,1-3H3. The summed E-state index contributed by atoms with van der Waals surface area (Å²) in [5.74, 6) is 1.86. The molecule has 1 aromatic carbocycles. The highest BCUT2D eigenvalue weighted by atomic mass is 32.2. The maximum Gasteiger partial charge on any atom is 0.204 e. The van der Waals surface area contributed by atoms with Gasteiger partial charge in [0.25, 0.3) is 0 Å². The molecule has 3 heterocycles. The highest BCUT2D eigenvalue weighted by Crippen LogP contribution is 2.36. The molecule has 0 amide bonds. The number of rotatable bonds is 9. The van der Waals surface area contributed by atoms with E-state index in [9.17, 15) is 8.42 Å². The number of benzene rings is 1. The van der Waals surface area contributed by atoms with Crippen molar-refractivity contribution in [3.8, 4) is 28.8 Å². The molecule has 0 bridgehead atoms. The second-order valence-electron chi connectivity index (χ2n) is 7.28. The summed E-state index contributed by atoms with van der Waals surface area (Å²) in [7, 11) is -0.542. The van der Waals surface area contributed by atoms with Crippen molar-refractivity contribution >= 4 is 9.84 Å². The lowest BCUT2D eigenvalue weighted by molar-refractivity contribution is 0.390. The maximum atomic E-state index is 13.0. The normalized spacial score (nSPS) is 11.5. The van der Waals surface area contributed by atoms with Crippen LogP contribution in [0.4, 0.5) is 0 Å². The van der Waals surface area contributed by atoms with Gasteiger partial charge in [-0.05, 0) is 36.8 Å². The summed E-state index contributed by atoms with van der Waals surface area (Å²) in [6.07, 6.45) is 5.02. The Morgan fingerprint density at radius 1 is 1.00 bits per heavy atom. The van der Waals surface area contributed by atoms with E-state index in [1.807, 2.05) is 6.92 Å². The molecule has 10 nitrogen and oxygen atoms in total. The van der Waals surface area contributed by atoms with Gasteiger partial charge in [0.1, 0.15) is 28.8 Å². The second kappa shape index (κ2) is 9.41. The molecule has 4 aromatic rings. The fourth-order valence-corrected chi connectivity index (χ4v) is 4.54. The molecule has 0 saturated carbocycles. The first-order valence-electron chi connectivity index (χ1n) is 10.1. The quantitative estimate of drug-likeness (QED) is 0.364. The van der Waals surface area contributed by atoms with Gasteiger partial charge in [-0.1, -0.05) is 6.07 Å². The third-order valence-corrected chi connectivity index (χ3v) is 6.44. The molecule has 33 heavy (non-hydrogen) atoms. The molecule has 4 rings (SSSR count). The van der Waals surface area contributed by atoms with Gasteiger partial charge in [-0.25, -0.2) is 18.4 Å². The van der Waals surface area contributed by atoms with Crippen LogP contribution >= 0.6 is 0 Å². The monoisotopic (exact) mass is 469 g/mol. The second-order valence-corrected chi connectivity index (χ2v) is 9.47. The molecular formula is C22H23N5O5S. The topological polar surface area (TPSA) is 122 Å². The van der Waals surface area contributed by atoms with Crippen LogP contribution in [-0.2, 0) is 22.0 Å². The first kappa shape index (κ1) is 22.5. The fraction of sp³-hybridized carbons (Fsp3) is 0.273. The first-order valence-corrected chi connectivity index (χ1v) is 11.9. The van der Waals surface area contributed by atoms with Gasteiger partial charge < -0.3 is 13.9 Å². The lowest BCUT2D eigenvalue weighted by atomic mass is 10.2. The van der Waals surface area contributed by atoms with E-state index in [1.54, 1.807) is 47.3 Å². The molecule has 0 aliphatic heterocycles. The highest BCUT2D eigenvalue weighted by molar-refractivity contribution is 7.90. The number of hydrogen-bond donors (Lipinski definition) is 0. The van der Waals surface area contributed by atoms with Crippen LogP contribution in [0.3, 0.4) is 0 Å². The van der Waals surface area contributed by atoms with E-state index in [-0.39, 0.29) is 23.8 Å². The van der Waals surface area contributed by atoms with Crippen LogP contribution < -0.4 is 9.47 Å². The van der Waals surface area contributed by atoms with Gasteiger partial charge in [0.05, 0.1) is 26.2 Å². The Labute approximate surface area is 191 Å². The van der Waals surface area contributed by atoms with E-state index in [1.165, 1.54) is 20.5 Å². The number of hydrogen-bond acceptors (Lipinski definition) is 9. The Bertz CT molecular complexity index is 1310. The van der Waals surface area contributed by atoms with Gasteiger partial charge in [0.2, 0.25) is 5.82 Å². The number of furan rings is 1. The summed E-state index contributed by atoms with van der Waals surface area (Å²) in [5, 5.41) is 8.40. The van der Waals surface area contributed by atoms with Gasteiger partial charge in [0, 0.05) is 18.8 Å². The molecule has 172 valence electrons. The zero-order valence-electron chi connectivity index (χ0n) is 18.4. The lowest BCUT2D eigenvalue weighted by Gasteiger charge is -2.16. The van der Waals surface area contributed by atoms with E-state index in [0.717, 1.165) is 5.56 Å². The van der Waals surface area contributed by atoms with Crippen molar-refractivity contribution in [2.75, 3.05) is 20.0 Å². The van der Waals surface area contributed by atoms with Crippen LogP contribution in [0.5, 0.6) is 11.5 Å². The number of aryl methyl sites for hydroxylation is 2. The number of aromatic nitrogens is 5. The molecule has 0 saturated heterocycles. The summed E-state index contributed by atoms with van der Waals surface area (Å²) < 4.78 is 44.2. The van der Waals surface area contributed by atoms with Crippen molar-refractivity contribution < 1.29 is 22.3 Å². The van der Waals surface area contributed by atoms with Gasteiger partial charge in [-0.3, -0.25) is 4.57 Å². The zero-order valence-corrected chi connectivity index (χ0v) is 19.2. The summed E-state index contributed by atoms with van der Waals surface area (Å²) in [6.45, 7) is 1.87. The number of nitrogens with zero attached hydrogens (tertiary/aromatic N) is 5. The van der Waals surface area contributed by atoms with Crippen LogP contribution in [0.2, 0.25) is 0 Å². The smallest absolute Gasteiger partial charge is 0.204 e. The minimum Gasteiger partial charge on any atom is -0.494 e. The van der Waals surface area contributed by atoms with Crippen molar-refractivity contribution in [3.63, 3.8) is 0 Å². The number of para-hydroxylation sites is 1. The summed E-state index contributed by atoms with van der Waals surface area (Å²) in [5.41, 5.74) is 1.39. The van der Waals surface area contributed by atoms with Crippen LogP contribution in [-0.4, -0.2) is 53.1 Å². The van der Waals surface area contributed by atoms with Crippen molar-refractivity contribution in [1.29, 1.82) is 0 Å². The van der Waals surface area contributed by atoms with E-state index >= 15 is 0 Å². The Hall–Kier alpha value is -3.73. The Balaban J connectivity index is 1.73. The predicted molar refractivity (Wildman–Crippen MR) is 120 cm³/mol. The zero-order chi connectivity index (χ0) is 23.4. The molecule has 11 heteroatoms.